The molecule has 2 aliphatic heterocycles. The Balaban J connectivity index is 1.45. The number of thioether (sulfide) groups is 1. The van der Waals surface area contributed by atoms with Gasteiger partial charge in [-0.1, -0.05) is 0 Å². The fraction of sp³-hybridized carbons (Fsp3) is 0.316. The Hall–Kier alpha value is -2.41. The molecule has 2 heterocycles. The summed E-state index contributed by atoms with van der Waals surface area (Å²) in [6, 6.07) is 9.51. The summed E-state index contributed by atoms with van der Waals surface area (Å²) in [6.07, 6.45) is 1.59. The Labute approximate surface area is 155 Å². The number of hydrogen-bond acceptors (Lipinski definition) is 4. The average molecular weight is 374 g/mol. The minimum Gasteiger partial charge on any atom is -0.490 e. The molecular formula is C19H19FN2O3S. The lowest BCUT2D eigenvalue weighted by Gasteiger charge is -2.26. The molecule has 2 aromatic rings. The Morgan fingerprint density at radius 2 is 1.96 bits per heavy atom. The monoisotopic (exact) mass is 374 g/mol. The van der Waals surface area contributed by atoms with E-state index in [9.17, 15) is 9.18 Å². The average Bonchev–Trinajstić information content (AvgIpc) is 2.87. The summed E-state index contributed by atoms with van der Waals surface area (Å²) < 4.78 is 24.8. The van der Waals surface area contributed by atoms with Gasteiger partial charge in [0.2, 0.25) is 0 Å². The molecule has 1 unspecified atom stereocenters. The predicted molar refractivity (Wildman–Crippen MR) is 98.7 cm³/mol. The number of amides is 2. The van der Waals surface area contributed by atoms with Crippen LogP contribution < -0.4 is 20.1 Å². The number of anilines is 1. The predicted octanol–water partition coefficient (Wildman–Crippen LogP) is 4.35. The van der Waals surface area contributed by atoms with Gasteiger partial charge in [-0.15, -0.1) is 11.8 Å². The maximum absolute atomic E-state index is 13.6. The fourth-order valence-corrected chi connectivity index (χ4v) is 4.19. The van der Waals surface area contributed by atoms with Gasteiger partial charge in [0.25, 0.3) is 0 Å². The maximum atomic E-state index is 13.6. The highest BCUT2D eigenvalue weighted by molar-refractivity contribution is 7.99. The first kappa shape index (κ1) is 17.0. The van der Waals surface area contributed by atoms with Gasteiger partial charge in [0.1, 0.15) is 5.82 Å². The number of ether oxygens (including phenoxy) is 2. The Morgan fingerprint density at radius 1 is 1.12 bits per heavy atom. The van der Waals surface area contributed by atoms with Crippen molar-refractivity contribution in [2.24, 2.45) is 0 Å². The summed E-state index contributed by atoms with van der Waals surface area (Å²) in [4.78, 5) is 13.4. The lowest BCUT2D eigenvalue weighted by atomic mass is 10.0. The second-order valence-corrected chi connectivity index (χ2v) is 7.32. The fourth-order valence-electron chi connectivity index (χ4n) is 3.08. The van der Waals surface area contributed by atoms with E-state index in [-0.39, 0.29) is 17.9 Å². The number of carbonyl (C=O) groups excluding carboxylic acids is 1. The molecule has 0 radical (unpaired) electrons. The molecule has 0 saturated heterocycles. The summed E-state index contributed by atoms with van der Waals surface area (Å²) in [5.74, 6) is 1.90. The molecule has 2 aromatic carbocycles. The molecule has 2 aliphatic rings. The zero-order valence-corrected chi connectivity index (χ0v) is 14.9. The molecule has 0 aliphatic carbocycles. The topological polar surface area (TPSA) is 59.6 Å². The van der Waals surface area contributed by atoms with Gasteiger partial charge in [-0.3, -0.25) is 0 Å². The molecule has 136 valence electrons. The van der Waals surface area contributed by atoms with Crippen LogP contribution in [0.5, 0.6) is 11.5 Å². The highest BCUT2D eigenvalue weighted by Gasteiger charge is 2.23. The van der Waals surface area contributed by atoms with Gasteiger partial charge in [-0.05, 0) is 42.3 Å². The van der Waals surface area contributed by atoms with E-state index in [1.165, 1.54) is 12.1 Å². The van der Waals surface area contributed by atoms with Crippen LogP contribution in [0.3, 0.4) is 0 Å². The number of benzene rings is 2. The van der Waals surface area contributed by atoms with Crippen LogP contribution in [0.1, 0.15) is 24.4 Å². The molecular weight excluding hydrogens is 355 g/mol. The highest BCUT2D eigenvalue weighted by atomic mass is 32.2. The van der Waals surface area contributed by atoms with Crippen molar-refractivity contribution in [3.8, 4) is 11.5 Å². The number of halogens is 1. The number of hydrogen-bond donors (Lipinski definition) is 2. The van der Waals surface area contributed by atoms with E-state index in [1.807, 2.05) is 0 Å². The summed E-state index contributed by atoms with van der Waals surface area (Å²) in [6.45, 7) is 1.21. The van der Waals surface area contributed by atoms with E-state index in [0.717, 1.165) is 29.1 Å². The van der Waals surface area contributed by atoms with Gasteiger partial charge in [-0.2, -0.15) is 0 Å². The van der Waals surface area contributed by atoms with Crippen molar-refractivity contribution in [3.05, 3.63) is 47.8 Å². The third-order valence-electron chi connectivity index (χ3n) is 4.32. The minimum absolute atomic E-state index is 0.206. The minimum atomic E-state index is -0.327. The highest BCUT2D eigenvalue weighted by Crippen LogP contribution is 2.36. The lowest BCUT2D eigenvalue weighted by molar-refractivity contribution is 0.248. The molecule has 0 saturated carbocycles. The molecule has 0 spiro atoms. The number of rotatable bonds is 2. The van der Waals surface area contributed by atoms with Crippen LogP contribution >= 0.6 is 11.8 Å². The van der Waals surface area contributed by atoms with Crippen LogP contribution in [0.15, 0.2) is 41.3 Å². The van der Waals surface area contributed by atoms with Crippen molar-refractivity contribution in [1.82, 2.24) is 5.32 Å². The lowest BCUT2D eigenvalue weighted by Crippen LogP contribution is -2.34. The first-order valence-corrected chi connectivity index (χ1v) is 9.57. The van der Waals surface area contributed by atoms with Crippen molar-refractivity contribution in [3.63, 3.8) is 0 Å². The van der Waals surface area contributed by atoms with E-state index in [4.69, 9.17) is 9.47 Å². The third kappa shape index (κ3) is 3.72. The largest absolute Gasteiger partial charge is 0.490 e. The number of fused-ring (bicyclic) bond motifs is 2. The van der Waals surface area contributed by atoms with Crippen molar-refractivity contribution >= 4 is 23.5 Å². The second kappa shape index (κ2) is 7.45. The van der Waals surface area contributed by atoms with Crippen LogP contribution in [-0.4, -0.2) is 25.0 Å². The molecule has 0 aromatic heterocycles. The second-order valence-electron chi connectivity index (χ2n) is 6.18. The summed E-state index contributed by atoms with van der Waals surface area (Å²) >= 11 is 1.68. The van der Waals surface area contributed by atoms with E-state index in [2.05, 4.69) is 10.6 Å². The number of nitrogens with one attached hydrogen (secondary N) is 2. The van der Waals surface area contributed by atoms with E-state index in [0.29, 0.717) is 30.4 Å². The van der Waals surface area contributed by atoms with Crippen molar-refractivity contribution < 1.29 is 18.7 Å². The first-order valence-electron chi connectivity index (χ1n) is 8.58. The standard InChI is InChI=1S/C19H19FN2O3S/c20-12-2-5-18-14(10-12)15(6-9-26-18)22-19(23)21-13-3-4-16-17(11-13)25-8-1-7-24-16/h2-5,10-11,15H,1,6-9H2,(H2,21,22,23). The Kier molecular flexibility index (Phi) is 4.88. The number of urea groups is 1. The van der Waals surface area contributed by atoms with Crippen molar-refractivity contribution in [2.75, 3.05) is 24.3 Å². The first-order chi connectivity index (χ1) is 12.7. The summed E-state index contributed by atoms with van der Waals surface area (Å²) in [7, 11) is 0. The van der Waals surface area contributed by atoms with Crippen LogP contribution in [0.2, 0.25) is 0 Å². The van der Waals surface area contributed by atoms with E-state index >= 15 is 0 Å². The van der Waals surface area contributed by atoms with Crippen molar-refractivity contribution in [1.29, 1.82) is 0 Å². The smallest absolute Gasteiger partial charge is 0.319 e. The molecule has 4 rings (SSSR count). The van der Waals surface area contributed by atoms with Gasteiger partial charge in [0.15, 0.2) is 11.5 Å². The van der Waals surface area contributed by atoms with Crippen molar-refractivity contribution in [2.45, 2.75) is 23.8 Å². The SMILES string of the molecule is O=C(Nc1ccc2c(c1)OCCCO2)NC1CCSc2ccc(F)cc21. The van der Waals surface area contributed by atoms with E-state index < -0.39 is 0 Å². The van der Waals surface area contributed by atoms with Crippen LogP contribution in [-0.2, 0) is 0 Å². The van der Waals surface area contributed by atoms with Gasteiger partial charge in [0.05, 0.1) is 19.3 Å². The Bertz CT molecular complexity index is 830. The molecule has 0 fully saturated rings. The van der Waals surface area contributed by atoms with Crippen LogP contribution in [0.4, 0.5) is 14.9 Å². The third-order valence-corrected chi connectivity index (χ3v) is 5.44. The van der Waals surface area contributed by atoms with Gasteiger partial charge in [-0.25, -0.2) is 9.18 Å². The van der Waals surface area contributed by atoms with Crippen LogP contribution in [0, 0.1) is 5.82 Å². The van der Waals surface area contributed by atoms with E-state index in [1.54, 1.807) is 36.0 Å². The molecule has 26 heavy (non-hydrogen) atoms. The molecule has 0 bridgehead atoms. The molecule has 1 atom stereocenters. The maximum Gasteiger partial charge on any atom is 0.319 e. The zero-order valence-electron chi connectivity index (χ0n) is 14.1. The van der Waals surface area contributed by atoms with Crippen LogP contribution in [0.25, 0.3) is 0 Å². The molecule has 5 nitrogen and oxygen atoms in total. The number of carbonyl (C=O) groups is 1. The quantitative estimate of drug-likeness (QED) is 0.821. The molecule has 2 N–H and O–H groups in total. The summed E-state index contributed by atoms with van der Waals surface area (Å²) in [5.41, 5.74) is 1.45. The van der Waals surface area contributed by atoms with Gasteiger partial charge < -0.3 is 20.1 Å². The zero-order chi connectivity index (χ0) is 17.9. The van der Waals surface area contributed by atoms with Gasteiger partial charge in [0, 0.05) is 28.8 Å². The normalized spacial score (nSPS) is 18.4. The van der Waals surface area contributed by atoms with Gasteiger partial charge >= 0.3 is 6.03 Å². The Morgan fingerprint density at radius 3 is 2.85 bits per heavy atom. The molecule has 2 amide bonds. The molecule has 7 heteroatoms. The summed E-state index contributed by atoms with van der Waals surface area (Å²) in [5, 5.41) is 5.76.